The lowest BCUT2D eigenvalue weighted by atomic mass is 9.89. The Kier molecular flexibility index (Phi) is 6.11. The fraction of sp³-hybridized carbons (Fsp3) is 0.0476. The van der Waals surface area contributed by atoms with E-state index in [1.54, 1.807) is 0 Å². The minimum atomic E-state index is 0.415. The average Bonchev–Trinajstić information content (AvgIpc) is 3.67. The van der Waals surface area contributed by atoms with Gasteiger partial charge in [-0.1, -0.05) is 121 Å². The van der Waals surface area contributed by atoms with Crippen LogP contribution in [-0.2, 0) is 0 Å². The molecule has 0 radical (unpaired) electrons. The van der Waals surface area contributed by atoms with E-state index in [0.29, 0.717) is 5.92 Å². The summed E-state index contributed by atoms with van der Waals surface area (Å²) in [6, 6.07) is 47.3. The molecule has 2 heterocycles. The molecule has 44 heavy (non-hydrogen) atoms. The maximum Gasteiger partial charge on any atom is 0.0540 e. The Morgan fingerprint density at radius 2 is 1.14 bits per heavy atom. The Balaban J connectivity index is 1.35. The summed E-state index contributed by atoms with van der Waals surface area (Å²) >= 11 is 3.88. The van der Waals surface area contributed by atoms with Crippen LogP contribution in [-0.4, -0.2) is 0 Å². The van der Waals surface area contributed by atoms with Crippen LogP contribution in [0.25, 0.3) is 73.7 Å². The van der Waals surface area contributed by atoms with Crippen LogP contribution in [0.2, 0.25) is 0 Å². The van der Waals surface area contributed by atoms with Crippen LogP contribution in [0.4, 0.5) is 0 Å². The summed E-state index contributed by atoms with van der Waals surface area (Å²) in [7, 11) is 0. The standard InChI is InChI=1S/C42H28S2/c1-4-11-27(12-5-1)30-17-10-18-33(23-30)34-26-36-35-24-31(28-13-6-2-7-14-28)19-21-38(35)43-41(36)42-40(34)37-25-32(20-22-39(37)44-42)29-15-8-3-9-16-29/h1-11,13-27H,12H2. The summed E-state index contributed by atoms with van der Waals surface area (Å²) in [6.45, 7) is 0. The van der Waals surface area contributed by atoms with Crippen molar-refractivity contribution in [3.05, 3.63) is 157 Å². The van der Waals surface area contributed by atoms with Crippen molar-refractivity contribution >= 4 is 63.0 Å². The fourth-order valence-electron chi connectivity index (χ4n) is 6.78. The molecule has 0 spiro atoms. The summed E-state index contributed by atoms with van der Waals surface area (Å²) in [5.74, 6) is 0.415. The third-order valence-corrected chi connectivity index (χ3v) is 11.5. The number of thiophene rings is 2. The first-order valence-corrected chi connectivity index (χ1v) is 16.8. The molecule has 1 unspecified atom stereocenters. The second-order valence-corrected chi connectivity index (χ2v) is 13.7. The number of allylic oxidation sites excluding steroid dienone is 4. The highest BCUT2D eigenvalue weighted by Gasteiger charge is 2.20. The topological polar surface area (TPSA) is 0 Å². The molecule has 208 valence electrons. The Labute approximate surface area is 264 Å². The molecule has 0 saturated heterocycles. The number of hydrogen-bond acceptors (Lipinski definition) is 2. The van der Waals surface area contributed by atoms with E-state index in [1.165, 1.54) is 79.3 Å². The predicted molar refractivity (Wildman–Crippen MR) is 194 cm³/mol. The van der Waals surface area contributed by atoms with E-state index in [0.717, 1.165) is 6.42 Å². The molecule has 2 heteroatoms. The molecule has 1 aliphatic carbocycles. The predicted octanol–water partition coefficient (Wildman–Crippen LogP) is 13.0. The van der Waals surface area contributed by atoms with E-state index in [1.807, 2.05) is 22.7 Å². The van der Waals surface area contributed by atoms with Crippen molar-refractivity contribution in [1.29, 1.82) is 0 Å². The van der Waals surface area contributed by atoms with Crippen LogP contribution in [0.3, 0.4) is 0 Å². The van der Waals surface area contributed by atoms with Crippen molar-refractivity contribution in [3.63, 3.8) is 0 Å². The molecule has 6 aromatic carbocycles. The van der Waals surface area contributed by atoms with Gasteiger partial charge in [0, 0.05) is 36.9 Å². The monoisotopic (exact) mass is 596 g/mol. The molecule has 1 aliphatic rings. The third-order valence-electron chi connectivity index (χ3n) is 9.00. The van der Waals surface area contributed by atoms with Crippen molar-refractivity contribution in [2.45, 2.75) is 12.3 Å². The van der Waals surface area contributed by atoms with Crippen molar-refractivity contribution in [2.24, 2.45) is 0 Å². The Bertz CT molecular complexity index is 2400. The maximum atomic E-state index is 2.49. The Hall–Kier alpha value is -4.76. The quantitative estimate of drug-likeness (QED) is 0.190. The van der Waals surface area contributed by atoms with Gasteiger partial charge in [0.15, 0.2) is 0 Å². The van der Waals surface area contributed by atoms with Crippen LogP contribution in [0, 0.1) is 0 Å². The van der Waals surface area contributed by atoms with E-state index in [4.69, 9.17) is 0 Å². The first-order chi connectivity index (χ1) is 21.8. The zero-order valence-corrected chi connectivity index (χ0v) is 25.7. The lowest BCUT2D eigenvalue weighted by Gasteiger charge is -2.15. The smallest absolute Gasteiger partial charge is 0.0540 e. The number of hydrogen-bond donors (Lipinski definition) is 0. The average molecular weight is 597 g/mol. The summed E-state index contributed by atoms with van der Waals surface area (Å²) in [5, 5.41) is 5.41. The molecule has 0 saturated carbocycles. The molecule has 0 nitrogen and oxygen atoms in total. The normalized spacial score (nSPS) is 14.8. The van der Waals surface area contributed by atoms with Crippen LogP contribution in [0.1, 0.15) is 17.9 Å². The van der Waals surface area contributed by atoms with Crippen LogP contribution >= 0.6 is 22.7 Å². The molecule has 2 aromatic heterocycles. The van der Waals surface area contributed by atoms with Gasteiger partial charge in [-0.2, -0.15) is 0 Å². The molecule has 8 aromatic rings. The van der Waals surface area contributed by atoms with Gasteiger partial charge in [0.25, 0.3) is 0 Å². The van der Waals surface area contributed by atoms with Gasteiger partial charge >= 0.3 is 0 Å². The van der Waals surface area contributed by atoms with Crippen molar-refractivity contribution < 1.29 is 0 Å². The lowest BCUT2D eigenvalue weighted by Crippen LogP contribution is -1.96. The molecule has 0 aliphatic heterocycles. The lowest BCUT2D eigenvalue weighted by molar-refractivity contribution is 0.854. The van der Waals surface area contributed by atoms with Gasteiger partial charge in [0.05, 0.1) is 9.40 Å². The summed E-state index contributed by atoms with van der Waals surface area (Å²) < 4.78 is 5.47. The maximum absolute atomic E-state index is 2.49. The van der Waals surface area contributed by atoms with Crippen LogP contribution < -0.4 is 0 Å². The van der Waals surface area contributed by atoms with E-state index in [2.05, 4.69) is 152 Å². The minimum absolute atomic E-state index is 0.415. The largest absolute Gasteiger partial charge is 0.134 e. The first-order valence-electron chi connectivity index (χ1n) is 15.2. The SMILES string of the molecule is C1=CCC(c2cccc(-c3cc4c5cc(-c6ccccc6)ccc5sc4c4sc5ccc(-c6ccccc6)cc5c34)c2)C=C1. The molecule has 9 rings (SSSR count). The van der Waals surface area contributed by atoms with Crippen molar-refractivity contribution in [1.82, 2.24) is 0 Å². The van der Waals surface area contributed by atoms with Gasteiger partial charge < -0.3 is 0 Å². The van der Waals surface area contributed by atoms with Gasteiger partial charge in [-0.15, -0.1) is 22.7 Å². The Morgan fingerprint density at radius 3 is 1.84 bits per heavy atom. The highest BCUT2D eigenvalue weighted by molar-refractivity contribution is 7.33. The second kappa shape index (κ2) is 10.4. The molecular weight excluding hydrogens is 569 g/mol. The van der Waals surface area contributed by atoms with Crippen molar-refractivity contribution in [2.75, 3.05) is 0 Å². The van der Waals surface area contributed by atoms with E-state index >= 15 is 0 Å². The number of fused-ring (bicyclic) bond motifs is 7. The summed E-state index contributed by atoms with van der Waals surface area (Å²) in [4.78, 5) is 0. The number of rotatable bonds is 4. The van der Waals surface area contributed by atoms with Gasteiger partial charge in [-0.3, -0.25) is 0 Å². The Morgan fingerprint density at radius 1 is 0.477 bits per heavy atom. The molecule has 0 N–H and O–H groups in total. The highest BCUT2D eigenvalue weighted by Crippen LogP contribution is 2.50. The zero-order chi connectivity index (χ0) is 29.0. The van der Waals surface area contributed by atoms with Crippen LogP contribution in [0.15, 0.2) is 152 Å². The highest BCUT2D eigenvalue weighted by atomic mass is 32.1. The third kappa shape index (κ3) is 4.25. The van der Waals surface area contributed by atoms with Gasteiger partial charge in [-0.05, 0) is 75.7 Å². The first kappa shape index (κ1) is 25.7. The van der Waals surface area contributed by atoms with E-state index in [9.17, 15) is 0 Å². The molecular formula is C42H28S2. The van der Waals surface area contributed by atoms with Gasteiger partial charge in [0.1, 0.15) is 0 Å². The molecule has 0 bridgehead atoms. The minimum Gasteiger partial charge on any atom is -0.134 e. The van der Waals surface area contributed by atoms with Crippen molar-refractivity contribution in [3.8, 4) is 33.4 Å². The van der Waals surface area contributed by atoms with Crippen LogP contribution in [0.5, 0.6) is 0 Å². The molecule has 1 atom stereocenters. The summed E-state index contributed by atoms with van der Waals surface area (Å²) in [5.41, 5.74) is 9.04. The molecule has 0 fully saturated rings. The second-order valence-electron chi connectivity index (χ2n) is 11.6. The fourth-order valence-corrected chi connectivity index (χ4v) is 9.29. The van der Waals surface area contributed by atoms with E-state index < -0.39 is 0 Å². The molecule has 0 amide bonds. The van der Waals surface area contributed by atoms with E-state index in [-0.39, 0.29) is 0 Å². The number of benzene rings is 6. The summed E-state index contributed by atoms with van der Waals surface area (Å²) in [6.07, 6.45) is 10.0. The van der Waals surface area contributed by atoms with Gasteiger partial charge in [-0.25, -0.2) is 0 Å². The zero-order valence-electron chi connectivity index (χ0n) is 24.0. The van der Waals surface area contributed by atoms with Gasteiger partial charge in [0.2, 0.25) is 0 Å².